The van der Waals surface area contributed by atoms with E-state index in [1.807, 2.05) is 19.1 Å². The van der Waals surface area contributed by atoms with Crippen LogP contribution in [0.15, 0.2) is 46.6 Å². The van der Waals surface area contributed by atoms with Gasteiger partial charge in [0.25, 0.3) is 11.5 Å². The molecule has 128 valence electrons. The lowest BCUT2D eigenvalue weighted by molar-refractivity contribution is -0.121. The molecule has 0 spiro atoms. The number of carbonyl (C=O) groups is 1. The van der Waals surface area contributed by atoms with Crippen molar-refractivity contribution in [1.29, 1.82) is 0 Å². The quantitative estimate of drug-likeness (QED) is 0.551. The van der Waals surface area contributed by atoms with E-state index in [0.29, 0.717) is 15.2 Å². The van der Waals surface area contributed by atoms with Gasteiger partial charge in [-0.05, 0) is 30.2 Å². The van der Waals surface area contributed by atoms with E-state index in [4.69, 9.17) is 11.6 Å². The first-order chi connectivity index (χ1) is 12.1. The Labute approximate surface area is 152 Å². The summed E-state index contributed by atoms with van der Waals surface area (Å²) >= 11 is 7.37. The summed E-state index contributed by atoms with van der Waals surface area (Å²) < 4.78 is 1.28. The van der Waals surface area contributed by atoms with Crippen molar-refractivity contribution in [2.24, 2.45) is 5.10 Å². The summed E-state index contributed by atoms with van der Waals surface area (Å²) in [6, 6.07) is 8.91. The molecule has 0 radical (unpaired) electrons. The molecule has 0 bridgehead atoms. The number of nitrogens with zero attached hydrogens (tertiary/aromatic N) is 3. The fourth-order valence-corrected chi connectivity index (χ4v) is 3.38. The molecule has 0 saturated heterocycles. The molecule has 0 saturated carbocycles. The van der Waals surface area contributed by atoms with Crippen LogP contribution >= 0.6 is 22.9 Å². The normalized spacial score (nSPS) is 11.3. The van der Waals surface area contributed by atoms with Gasteiger partial charge >= 0.3 is 0 Å². The number of nitrogens with one attached hydrogen (secondary N) is 1. The molecule has 25 heavy (non-hydrogen) atoms. The second kappa shape index (κ2) is 7.58. The molecule has 8 heteroatoms. The minimum absolute atomic E-state index is 0.147. The zero-order chi connectivity index (χ0) is 17.8. The number of halogens is 1. The molecule has 0 aliphatic heterocycles. The first-order valence-electron chi connectivity index (χ1n) is 7.62. The van der Waals surface area contributed by atoms with Crippen LogP contribution in [0, 0.1) is 0 Å². The highest BCUT2D eigenvalue weighted by atomic mass is 35.5. The molecule has 3 rings (SSSR count). The van der Waals surface area contributed by atoms with Gasteiger partial charge in [0.2, 0.25) is 0 Å². The number of thiophene rings is 1. The lowest BCUT2D eigenvalue weighted by Gasteiger charge is -2.03. The van der Waals surface area contributed by atoms with Crippen molar-refractivity contribution < 1.29 is 4.79 Å². The van der Waals surface area contributed by atoms with Gasteiger partial charge in [-0.3, -0.25) is 14.2 Å². The summed E-state index contributed by atoms with van der Waals surface area (Å²) in [7, 11) is 0. The maximum Gasteiger partial charge on any atom is 0.262 e. The molecule has 0 unspecified atom stereocenters. The van der Waals surface area contributed by atoms with Crippen LogP contribution in [0.3, 0.4) is 0 Å². The molecule has 2 aromatic heterocycles. The molecular weight excluding hydrogens is 360 g/mol. The fourth-order valence-electron chi connectivity index (χ4n) is 2.25. The molecule has 1 amide bonds. The van der Waals surface area contributed by atoms with Crippen molar-refractivity contribution in [2.75, 3.05) is 0 Å². The Kier molecular flexibility index (Phi) is 5.25. The van der Waals surface area contributed by atoms with E-state index < -0.39 is 5.91 Å². The number of hydrogen-bond acceptors (Lipinski definition) is 5. The predicted octanol–water partition coefficient (Wildman–Crippen LogP) is 2.82. The summed E-state index contributed by atoms with van der Waals surface area (Å²) in [6.45, 7) is 1.88. The van der Waals surface area contributed by atoms with E-state index in [1.54, 1.807) is 18.2 Å². The summed E-state index contributed by atoms with van der Waals surface area (Å²) in [5.74, 6) is -0.410. The van der Waals surface area contributed by atoms with Gasteiger partial charge in [0.15, 0.2) is 0 Å². The number of benzene rings is 1. The number of aryl methyl sites for hydroxylation is 1. The zero-order valence-corrected chi connectivity index (χ0v) is 15.0. The second-order valence-electron chi connectivity index (χ2n) is 5.31. The highest BCUT2D eigenvalue weighted by molar-refractivity contribution is 7.18. The fraction of sp³-hybridized carbons (Fsp3) is 0.176. The topological polar surface area (TPSA) is 76.3 Å². The van der Waals surface area contributed by atoms with Crippen LogP contribution in [0.25, 0.3) is 10.2 Å². The van der Waals surface area contributed by atoms with Gasteiger partial charge in [0, 0.05) is 9.90 Å². The van der Waals surface area contributed by atoms with Gasteiger partial charge in [-0.1, -0.05) is 30.7 Å². The van der Waals surface area contributed by atoms with Crippen molar-refractivity contribution in [1.82, 2.24) is 15.0 Å². The van der Waals surface area contributed by atoms with Crippen LogP contribution < -0.4 is 11.0 Å². The molecule has 0 atom stereocenters. The third kappa shape index (κ3) is 4.12. The van der Waals surface area contributed by atoms with Gasteiger partial charge in [-0.15, -0.1) is 11.3 Å². The van der Waals surface area contributed by atoms with Gasteiger partial charge < -0.3 is 0 Å². The molecular formula is C17H15ClN4O2S. The summed E-state index contributed by atoms with van der Waals surface area (Å²) in [5.41, 5.74) is 2.93. The SMILES string of the molecule is CCc1cc2c(=O)n(CC(=O)N/N=C/c3cccc(Cl)c3)cnc2s1. The summed E-state index contributed by atoms with van der Waals surface area (Å²) in [5, 5.41) is 5.00. The van der Waals surface area contributed by atoms with Crippen LogP contribution in [0.2, 0.25) is 5.02 Å². The maximum absolute atomic E-state index is 12.4. The lowest BCUT2D eigenvalue weighted by Crippen LogP contribution is -2.29. The predicted molar refractivity (Wildman–Crippen MR) is 100 cm³/mol. The summed E-state index contributed by atoms with van der Waals surface area (Å²) in [6.07, 6.45) is 3.72. The van der Waals surface area contributed by atoms with Crippen LogP contribution in [0.1, 0.15) is 17.4 Å². The van der Waals surface area contributed by atoms with E-state index in [0.717, 1.165) is 16.9 Å². The number of carbonyl (C=O) groups excluding carboxylic acids is 1. The lowest BCUT2D eigenvalue weighted by atomic mass is 10.2. The average Bonchev–Trinajstić information content (AvgIpc) is 3.02. The Morgan fingerprint density at radius 3 is 3.04 bits per heavy atom. The van der Waals surface area contributed by atoms with Crippen LogP contribution in [-0.4, -0.2) is 21.7 Å². The molecule has 6 nitrogen and oxygen atoms in total. The van der Waals surface area contributed by atoms with Gasteiger partial charge in [-0.2, -0.15) is 5.10 Å². The third-order valence-corrected chi connectivity index (χ3v) is 4.91. The number of amides is 1. The monoisotopic (exact) mass is 374 g/mol. The zero-order valence-electron chi connectivity index (χ0n) is 13.4. The molecule has 1 N–H and O–H groups in total. The summed E-state index contributed by atoms with van der Waals surface area (Å²) in [4.78, 5) is 30.4. The number of rotatable bonds is 5. The number of fused-ring (bicyclic) bond motifs is 1. The minimum atomic E-state index is -0.410. The Morgan fingerprint density at radius 2 is 2.28 bits per heavy atom. The van der Waals surface area contributed by atoms with E-state index >= 15 is 0 Å². The minimum Gasteiger partial charge on any atom is -0.289 e. The van der Waals surface area contributed by atoms with Crippen LogP contribution in [-0.2, 0) is 17.8 Å². The smallest absolute Gasteiger partial charge is 0.262 e. The Bertz CT molecular complexity index is 1010. The number of hydrazone groups is 1. The van der Waals surface area contributed by atoms with Crippen molar-refractivity contribution in [3.05, 3.63) is 62.5 Å². The van der Waals surface area contributed by atoms with Gasteiger partial charge in [0.1, 0.15) is 11.4 Å². The van der Waals surface area contributed by atoms with E-state index in [1.165, 1.54) is 28.4 Å². The molecule has 3 aromatic rings. The van der Waals surface area contributed by atoms with Gasteiger partial charge in [0.05, 0.1) is 17.9 Å². The van der Waals surface area contributed by atoms with Crippen LogP contribution in [0.4, 0.5) is 0 Å². The molecule has 2 heterocycles. The molecule has 1 aromatic carbocycles. The highest BCUT2D eigenvalue weighted by Gasteiger charge is 2.10. The third-order valence-electron chi connectivity index (χ3n) is 3.48. The van der Waals surface area contributed by atoms with E-state index in [9.17, 15) is 9.59 Å². The first kappa shape index (κ1) is 17.3. The largest absolute Gasteiger partial charge is 0.289 e. The number of hydrogen-bond donors (Lipinski definition) is 1. The average molecular weight is 375 g/mol. The molecule has 0 fully saturated rings. The van der Waals surface area contributed by atoms with Crippen molar-refractivity contribution in [3.63, 3.8) is 0 Å². The Morgan fingerprint density at radius 1 is 1.44 bits per heavy atom. The van der Waals surface area contributed by atoms with Crippen molar-refractivity contribution in [3.8, 4) is 0 Å². The Hall–Kier alpha value is -2.51. The van der Waals surface area contributed by atoms with Gasteiger partial charge in [-0.25, -0.2) is 10.4 Å². The maximum atomic E-state index is 12.4. The second-order valence-corrected chi connectivity index (χ2v) is 6.86. The van der Waals surface area contributed by atoms with E-state index in [2.05, 4.69) is 15.5 Å². The number of aromatic nitrogens is 2. The van der Waals surface area contributed by atoms with Crippen molar-refractivity contribution in [2.45, 2.75) is 19.9 Å². The van der Waals surface area contributed by atoms with E-state index in [-0.39, 0.29) is 12.1 Å². The highest BCUT2D eigenvalue weighted by Crippen LogP contribution is 2.20. The van der Waals surface area contributed by atoms with Crippen molar-refractivity contribution >= 4 is 45.3 Å². The Balaban J connectivity index is 1.69. The van der Waals surface area contributed by atoms with Crippen LogP contribution in [0.5, 0.6) is 0 Å². The molecule has 0 aliphatic rings. The molecule has 0 aliphatic carbocycles. The standard InChI is InChI=1S/C17H15ClN4O2S/c1-2-13-7-14-16(25-13)19-10-22(17(14)24)9-15(23)21-20-8-11-4-3-5-12(18)6-11/h3-8,10H,2,9H2,1H3,(H,21,23)/b20-8+. The first-order valence-corrected chi connectivity index (χ1v) is 8.81.